The van der Waals surface area contributed by atoms with E-state index >= 15 is 0 Å². The molecule has 3 nitrogen and oxygen atoms in total. The van der Waals surface area contributed by atoms with Crippen molar-refractivity contribution in [1.29, 1.82) is 0 Å². The lowest BCUT2D eigenvalue weighted by Crippen LogP contribution is -2.24. The molecule has 5 heteroatoms. The lowest BCUT2D eigenvalue weighted by Gasteiger charge is -2.11. The fourth-order valence-electron chi connectivity index (χ4n) is 1.16. The van der Waals surface area contributed by atoms with E-state index in [0.717, 1.165) is 12.1 Å². The van der Waals surface area contributed by atoms with E-state index in [1.165, 1.54) is 6.07 Å². The second kappa shape index (κ2) is 5.75. The second-order valence-corrected chi connectivity index (χ2v) is 3.12. The molecule has 0 spiro atoms. The monoisotopic (exact) mass is 217 g/mol. The summed E-state index contributed by atoms with van der Waals surface area (Å²) >= 11 is 0. The van der Waals surface area contributed by atoms with Crippen LogP contribution in [-0.2, 0) is 0 Å². The summed E-state index contributed by atoms with van der Waals surface area (Å²) in [4.78, 5) is 0. The third-order valence-corrected chi connectivity index (χ3v) is 1.95. The molecule has 1 atom stereocenters. The highest BCUT2D eigenvalue weighted by atomic mass is 19.2. The maximum atomic E-state index is 12.8. The third-order valence-electron chi connectivity index (χ3n) is 1.95. The minimum atomic E-state index is -0.978. The normalized spacial score (nSPS) is 12.8. The summed E-state index contributed by atoms with van der Waals surface area (Å²) < 4.78 is 25.3. The summed E-state index contributed by atoms with van der Waals surface area (Å²) in [6, 6.07) is 3.25. The highest BCUT2D eigenvalue weighted by Gasteiger charge is 2.09. The van der Waals surface area contributed by atoms with Crippen LogP contribution in [0.3, 0.4) is 0 Å². The van der Waals surface area contributed by atoms with Crippen molar-refractivity contribution in [3.05, 3.63) is 35.4 Å². The van der Waals surface area contributed by atoms with Crippen LogP contribution in [0.5, 0.6) is 0 Å². The Bertz CT molecular complexity index is 320. The van der Waals surface area contributed by atoms with Gasteiger partial charge in [0.05, 0.1) is 12.7 Å². The highest BCUT2D eigenvalue weighted by Crippen LogP contribution is 2.15. The smallest absolute Gasteiger partial charge is 0.159 e. The highest BCUT2D eigenvalue weighted by molar-refractivity contribution is 5.20. The van der Waals surface area contributed by atoms with E-state index in [2.05, 4.69) is 5.32 Å². The van der Waals surface area contributed by atoms with Crippen molar-refractivity contribution < 1.29 is 19.0 Å². The van der Waals surface area contributed by atoms with Crippen molar-refractivity contribution in [1.82, 2.24) is 5.32 Å². The molecule has 0 fully saturated rings. The molecule has 0 saturated carbocycles. The molecule has 0 saturated heterocycles. The minimum Gasteiger partial charge on any atom is -0.395 e. The van der Waals surface area contributed by atoms with Gasteiger partial charge in [-0.15, -0.1) is 0 Å². The first-order valence-corrected chi connectivity index (χ1v) is 4.59. The van der Waals surface area contributed by atoms with Crippen LogP contribution in [-0.4, -0.2) is 29.9 Å². The molecule has 0 aliphatic carbocycles. The van der Waals surface area contributed by atoms with Gasteiger partial charge in [-0.3, -0.25) is 0 Å². The van der Waals surface area contributed by atoms with Crippen molar-refractivity contribution in [2.24, 2.45) is 0 Å². The summed E-state index contributed by atoms with van der Waals surface area (Å²) in [5, 5.41) is 20.8. The number of nitrogens with one attached hydrogen (secondary N) is 1. The van der Waals surface area contributed by atoms with Crippen LogP contribution in [0, 0.1) is 11.6 Å². The Morgan fingerprint density at radius 3 is 2.60 bits per heavy atom. The number of hydrogen-bond acceptors (Lipinski definition) is 3. The molecule has 15 heavy (non-hydrogen) atoms. The van der Waals surface area contributed by atoms with E-state index < -0.39 is 17.7 Å². The van der Waals surface area contributed by atoms with E-state index in [1.807, 2.05) is 0 Å². The summed E-state index contributed by atoms with van der Waals surface area (Å²) in [5.74, 6) is -1.91. The SMILES string of the molecule is OCCNCC(O)c1ccc(F)c(F)c1. The van der Waals surface area contributed by atoms with Gasteiger partial charge in [0, 0.05) is 13.1 Å². The Hall–Kier alpha value is -1.04. The molecule has 0 aromatic heterocycles. The molecule has 84 valence electrons. The molecular formula is C10H13F2NO2. The van der Waals surface area contributed by atoms with Gasteiger partial charge in [0.2, 0.25) is 0 Å². The Kier molecular flexibility index (Phi) is 4.61. The van der Waals surface area contributed by atoms with Gasteiger partial charge in [-0.1, -0.05) is 6.07 Å². The minimum absolute atomic E-state index is 0.0372. The van der Waals surface area contributed by atoms with Crippen LogP contribution in [0.25, 0.3) is 0 Å². The molecular weight excluding hydrogens is 204 g/mol. The van der Waals surface area contributed by atoms with E-state index in [1.54, 1.807) is 0 Å². The van der Waals surface area contributed by atoms with E-state index in [-0.39, 0.29) is 13.2 Å². The maximum Gasteiger partial charge on any atom is 0.159 e. The zero-order chi connectivity index (χ0) is 11.3. The van der Waals surface area contributed by atoms with Crippen molar-refractivity contribution in [3.63, 3.8) is 0 Å². The first-order chi connectivity index (χ1) is 7.15. The Morgan fingerprint density at radius 2 is 2.00 bits per heavy atom. The van der Waals surface area contributed by atoms with Gasteiger partial charge in [0.25, 0.3) is 0 Å². The van der Waals surface area contributed by atoms with E-state index in [0.29, 0.717) is 12.1 Å². The van der Waals surface area contributed by atoms with Crippen LogP contribution < -0.4 is 5.32 Å². The van der Waals surface area contributed by atoms with Gasteiger partial charge < -0.3 is 15.5 Å². The molecule has 0 heterocycles. The molecule has 3 N–H and O–H groups in total. The van der Waals surface area contributed by atoms with E-state index in [4.69, 9.17) is 5.11 Å². The lowest BCUT2D eigenvalue weighted by atomic mass is 10.1. The number of halogens is 2. The number of rotatable bonds is 5. The molecule has 0 radical (unpaired) electrons. The predicted octanol–water partition coefficient (Wildman–Crippen LogP) is 0.580. The van der Waals surface area contributed by atoms with Gasteiger partial charge in [-0.2, -0.15) is 0 Å². The van der Waals surface area contributed by atoms with Crippen molar-refractivity contribution in [2.45, 2.75) is 6.10 Å². The second-order valence-electron chi connectivity index (χ2n) is 3.12. The van der Waals surface area contributed by atoms with Gasteiger partial charge >= 0.3 is 0 Å². The summed E-state index contributed by atoms with van der Waals surface area (Å²) in [7, 11) is 0. The van der Waals surface area contributed by atoms with Gasteiger partial charge in [-0.25, -0.2) is 8.78 Å². The average molecular weight is 217 g/mol. The largest absolute Gasteiger partial charge is 0.395 e. The van der Waals surface area contributed by atoms with Crippen LogP contribution in [0.15, 0.2) is 18.2 Å². The fourth-order valence-corrected chi connectivity index (χ4v) is 1.16. The Balaban J connectivity index is 2.57. The fraction of sp³-hybridized carbons (Fsp3) is 0.400. The third kappa shape index (κ3) is 3.54. The molecule has 0 aliphatic heterocycles. The Labute approximate surface area is 86.4 Å². The first-order valence-electron chi connectivity index (χ1n) is 4.59. The number of aliphatic hydroxyl groups is 2. The first kappa shape index (κ1) is 12.0. The van der Waals surface area contributed by atoms with Gasteiger partial charge in [0.15, 0.2) is 11.6 Å². The van der Waals surface area contributed by atoms with Crippen LogP contribution in [0.4, 0.5) is 8.78 Å². The molecule has 1 aromatic carbocycles. The number of hydrogen-bond donors (Lipinski definition) is 3. The van der Waals surface area contributed by atoms with Crippen LogP contribution in [0.2, 0.25) is 0 Å². The van der Waals surface area contributed by atoms with Gasteiger partial charge in [-0.05, 0) is 17.7 Å². The van der Waals surface area contributed by atoms with Gasteiger partial charge in [0.1, 0.15) is 0 Å². The molecule has 0 bridgehead atoms. The summed E-state index contributed by atoms with van der Waals surface area (Å²) in [5.41, 5.74) is 0.305. The lowest BCUT2D eigenvalue weighted by molar-refractivity contribution is 0.170. The predicted molar refractivity (Wildman–Crippen MR) is 51.3 cm³/mol. The van der Waals surface area contributed by atoms with Crippen LogP contribution in [0.1, 0.15) is 11.7 Å². The molecule has 1 unspecified atom stereocenters. The van der Waals surface area contributed by atoms with Crippen molar-refractivity contribution in [3.8, 4) is 0 Å². The number of benzene rings is 1. The summed E-state index contributed by atoms with van der Waals surface area (Å²) in [6.45, 7) is 0.497. The van der Waals surface area contributed by atoms with E-state index in [9.17, 15) is 13.9 Å². The Morgan fingerprint density at radius 1 is 1.27 bits per heavy atom. The molecule has 0 amide bonds. The van der Waals surface area contributed by atoms with Crippen LogP contribution >= 0.6 is 0 Å². The topological polar surface area (TPSA) is 52.5 Å². The number of aliphatic hydroxyl groups excluding tert-OH is 2. The molecule has 1 aromatic rings. The zero-order valence-corrected chi connectivity index (χ0v) is 8.08. The zero-order valence-electron chi connectivity index (χ0n) is 8.08. The molecule has 0 aliphatic rings. The van der Waals surface area contributed by atoms with Crippen molar-refractivity contribution in [2.75, 3.05) is 19.7 Å². The average Bonchev–Trinajstić information content (AvgIpc) is 2.22. The summed E-state index contributed by atoms with van der Waals surface area (Å²) in [6.07, 6.45) is -0.911. The van der Waals surface area contributed by atoms with Crippen molar-refractivity contribution >= 4 is 0 Å². The molecule has 1 rings (SSSR count). The maximum absolute atomic E-state index is 12.8. The quantitative estimate of drug-likeness (QED) is 0.632. The standard InChI is InChI=1S/C10H13F2NO2/c11-8-2-1-7(5-9(8)12)10(15)6-13-3-4-14/h1-2,5,10,13-15H,3-4,6H2.